The smallest absolute Gasteiger partial charge is 0.0953 e. The predicted octanol–water partition coefficient (Wildman–Crippen LogP) is 2.09. The Morgan fingerprint density at radius 1 is 1.75 bits per heavy atom. The van der Waals surface area contributed by atoms with E-state index in [1.165, 1.54) is 18.4 Å². The van der Waals surface area contributed by atoms with Crippen molar-refractivity contribution in [3.63, 3.8) is 0 Å². The van der Waals surface area contributed by atoms with Gasteiger partial charge in [-0.2, -0.15) is 0 Å². The van der Waals surface area contributed by atoms with Crippen LogP contribution in [-0.2, 0) is 4.74 Å². The van der Waals surface area contributed by atoms with Gasteiger partial charge in [0.25, 0.3) is 0 Å². The molecule has 0 amide bonds. The molecule has 1 aliphatic rings. The molecule has 1 aliphatic heterocycles. The molecule has 1 nitrogen and oxygen atoms in total. The zero-order valence-electron chi connectivity index (χ0n) is 5.48. The van der Waals surface area contributed by atoms with Crippen molar-refractivity contribution in [1.82, 2.24) is 0 Å². The molecule has 0 saturated carbocycles. The summed E-state index contributed by atoms with van der Waals surface area (Å²) in [4.78, 5) is 0. The van der Waals surface area contributed by atoms with Crippen molar-refractivity contribution in [2.45, 2.75) is 32.8 Å². The minimum Gasteiger partial charge on any atom is -0.498 e. The molecule has 0 N–H and O–H groups in total. The van der Waals surface area contributed by atoms with Gasteiger partial charge >= 0.3 is 0 Å². The van der Waals surface area contributed by atoms with Crippen LogP contribution in [0.25, 0.3) is 0 Å². The van der Waals surface area contributed by atoms with Crippen molar-refractivity contribution in [2.24, 2.45) is 0 Å². The van der Waals surface area contributed by atoms with E-state index in [1.807, 2.05) is 6.26 Å². The van der Waals surface area contributed by atoms with E-state index in [-0.39, 0.29) is 0 Å². The van der Waals surface area contributed by atoms with Gasteiger partial charge < -0.3 is 4.74 Å². The molecule has 1 unspecified atom stereocenters. The zero-order valence-corrected chi connectivity index (χ0v) is 5.48. The highest BCUT2D eigenvalue weighted by Gasteiger charge is 2.05. The van der Waals surface area contributed by atoms with E-state index in [1.54, 1.807) is 0 Å². The molecule has 1 atom stereocenters. The fourth-order valence-corrected chi connectivity index (χ4v) is 0.790. The molecule has 1 rings (SSSR count). The fourth-order valence-electron chi connectivity index (χ4n) is 0.790. The van der Waals surface area contributed by atoms with Gasteiger partial charge in [-0.1, -0.05) is 0 Å². The van der Waals surface area contributed by atoms with Gasteiger partial charge in [-0.05, 0) is 32.3 Å². The lowest BCUT2D eigenvalue weighted by molar-refractivity contribution is 0.136. The second kappa shape index (κ2) is 2.21. The molecule has 0 radical (unpaired) electrons. The van der Waals surface area contributed by atoms with Gasteiger partial charge in [-0.3, -0.25) is 0 Å². The van der Waals surface area contributed by atoms with Crippen LogP contribution in [-0.4, -0.2) is 6.10 Å². The monoisotopic (exact) mass is 112 g/mol. The van der Waals surface area contributed by atoms with Crippen LogP contribution in [0, 0.1) is 0 Å². The number of hydrogen-bond acceptors (Lipinski definition) is 1. The van der Waals surface area contributed by atoms with Crippen molar-refractivity contribution in [2.75, 3.05) is 0 Å². The maximum Gasteiger partial charge on any atom is 0.0953 e. The topological polar surface area (TPSA) is 9.23 Å². The molecule has 0 aliphatic carbocycles. The molecule has 0 aromatic heterocycles. The van der Waals surface area contributed by atoms with Crippen LogP contribution >= 0.6 is 0 Å². The molecule has 0 saturated heterocycles. The van der Waals surface area contributed by atoms with Gasteiger partial charge in [0.2, 0.25) is 0 Å². The average Bonchev–Trinajstić information content (AvgIpc) is 1.77. The molecule has 0 aromatic carbocycles. The third-order valence-corrected chi connectivity index (χ3v) is 1.45. The van der Waals surface area contributed by atoms with Gasteiger partial charge in [0.15, 0.2) is 0 Å². The molecule has 1 heterocycles. The summed E-state index contributed by atoms with van der Waals surface area (Å²) in [6.45, 7) is 4.20. The lowest BCUT2D eigenvalue weighted by Crippen LogP contribution is -2.08. The summed E-state index contributed by atoms with van der Waals surface area (Å²) in [5.74, 6) is 0. The fraction of sp³-hybridized carbons (Fsp3) is 0.714. The summed E-state index contributed by atoms with van der Waals surface area (Å²) in [6.07, 6.45) is 4.70. The Kier molecular flexibility index (Phi) is 1.56. The molecular formula is C7H12O. The van der Waals surface area contributed by atoms with Crippen LogP contribution < -0.4 is 0 Å². The van der Waals surface area contributed by atoms with Crippen molar-refractivity contribution < 1.29 is 4.74 Å². The summed E-state index contributed by atoms with van der Waals surface area (Å²) in [5, 5.41) is 0. The summed E-state index contributed by atoms with van der Waals surface area (Å²) < 4.78 is 5.23. The largest absolute Gasteiger partial charge is 0.498 e. The molecule has 0 spiro atoms. The highest BCUT2D eigenvalue weighted by Crippen LogP contribution is 2.15. The maximum atomic E-state index is 5.23. The minimum absolute atomic E-state index is 0.443. The first-order chi connectivity index (χ1) is 3.79. The number of rotatable bonds is 0. The second-order valence-corrected chi connectivity index (χ2v) is 2.45. The van der Waals surface area contributed by atoms with Gasteiger partial charge in [0, 0.05) is 0 Å². The molecule has 0 aromatic rings. The van der Waals surface area contributed by atoms with Crippen LogP contribution in [0.3, 0.4) is 0 Å². The van der Waals surface area contributed by atoms with Crippen LogP contribution in [0.2, 0.25) is 0 Å². The van der Waals surface area contributed by atoms with Crippen LogP contribution in [0.5, 0.6) is 0 Å². The summed E-state index contributed by atoms with van der Waals surface area (Å²) in [5.41, 5.74) is 1.36. The van der Waals surface area contributed by atoms with E-state index in [0.29, 0.717) is 6.10 Å². The average molecular weight is 112 g/mol. The van der Waals surface area contributed by atoms with E-state index >= 15 is 0 Å². The first kappa shape index (κ1) is 5.67. The zero-order chi connectivity index (χ0) is 5.98. The van der Waals surface area contributed by atoms with Gasteiger partial charge in [0.05, 0.1) is 12.4 Å². The Hall–Kier alpha value is -0.460. The lowest BCUT2D eigenvalue weighted by atomic mass is 10.1. The van der Waals surface area contributed by atoms with Crippen molar-refractivity contribution in [1.29, 1.82) is 0 Å². The Labute approximate surface area is 50.3 Å². The van der Waals surface area contributed by atoms with E-state index in [2.05, 4.69) is 13.8 Å². The predicted molar refractivity (Wildman–Crippen MR) is 33.5 cm³/mol. The van der Waals surface area contributed by atoms with Gasteiger partial charge in [0.1, 0.15) is 0 Å². The Morgan fingerprint density at radius 3 is 2.88 bits per heavy atom. The van der Waals surface area contributed by atoms with Crippen LogP contribution in [0.4, 0.5) is 0 Å². The first-order valence-corrected chi connectivity index (χ1v) is 3.10. The van der Waals surface area contributed by atoms with Crippen molar-refractivity contribution >= 4 is 0 Å². The van der Waals surface area contributed by atoms with E-state index in [0.717, 1.165) is 0 Å². The normalized spacial score (nSPS) is 28.8. The highest BCUT2D eigenvalue weighted by molar-refractivity contribution is 4.96. The molecular weight excluding hydrogens is 100 g/mol. The maximum absolute atomic E-state index is 5.23. The Bertz CT molecular complexity index is 105. The standard InChI is InChI=1S/C7H12O/c1-6-3-4-7(2)8-5-6/h5,7H,3-4H2,1-2H3. The lowest BCUT2D eigenvalue weighted by Gasteiger charge is -2.16. The van der Waals surface area contributed by atoms with Gasteiger partial charge in [-0.25, -0.2) is 0 Å². The number of ether oxygens (including phenoxy) is 1. The van der Waals surface area contributed by atoms with E-state index < -0.39 is 0 Å². The SMILES string of the molecule is CC1=COC(C)CC1. The summed E-state index contributed by atoms with van der Waals surface area (Å²) in [6, 6.07) is 0. The molecule has 0 bridgehead atoms. The van der Waals surface area contributed by atoms with Crippen molar-refractivity contribution in [3.05, 3.63) is 11.8 Å². The molecule has 1 heteroatoms. The first-order valence-electron chi connectivity index (χ1n) is 3.10. The molecule has 8 heavy (non-hydrogen) atoms. The summed E-state index contributed by atoms with van der Waals surface area (Å²) >= 11 is 0. The third-order valence-electron chi connectivity index (χ3n) is 1.45. The quantitative estimate of drug-likeness (QED) is 0.466. The third kappa shape index (κ3) is 1.25. The van der Waals surface area contributed by atoms with E-state index in [9.17, 15) is 0 Å². The second-order valence-electron chi connectivity index (χ2n) is 2.45. The molecule has 46 valence electrons. The molecule has 0 fully saturated rings. The number of allylic oxidation sites excluding steroid dienone is 1. The van der Waals surface area contributed by atoms with Crippen molar-refractivity contribution in [3.8, 4) is 0 Å². The van der Waals surface area contributed by atoms with Gasteiger partial charge in [-0.15, -0.1) is 0 Å². The Morgan fingerprint density at radius 2 is 2.50 bits per heavy atom. The summed E-state index contributed by atoms with van der Waals surface area (Å²) in [7, 11) is 0. The number of hydrogen-bond donors (Lipinski definition) is 0. The Balaban J connectivity index is 2.42. The van der Waals surface area contributed by atoms with E-state index in [4.69, 9.17) is 4.74 Å². The minimum atomic E-state index is 0.443. The van der Waals surface area contributed by atoms with Crippen LogP contribution in [0.1, 0.15) is 26.7 Å². The highest BCUT2D eigenvalue weighted by atomic mass is 16.5. The van der Waals surface area contributed by atoms with Crippen LogP contribution in [0.15, 0.2) is 11.8 Å².